The Labute approximate surface area is 113 Å². The minimum absolute atomic E-state index is 0.261. The van der Waals surface area contributed by atoms with Crippen LogP contribution >= 0.6 is 0 Å². The van der Waals surface area contributed by atoms with Crippen LogP contribution in [0.1, 0.15) is 13.8 Å². The quantitative estimate of drug-likeness (QED) is 0.460. The predicted octanol–water partition coefficient (Wildman–Crippen LogP) is -0.0696. The van der Waals surface area contributed by atoms with Gasteiger partial charge < -0.3 is 9.47 Å². The number of sulfonamides is 1. The molecule has 19 heavy (non-hydrogen) atoms. The lowest BCUT2D eigenvalue weighted by atomic mass is 10.5. The van der Waals surface area contributed by atoms with Gasteiger partial charge in [-0.25, -0.2) is 22.3 Å². The van der Waals surface area contributed by atoms with E-state index in [2.05, 4.69) is 9.47 Å². The molecular formula is C11H19NO6S. The summed E-state index contributed by atoms with van der Waals surface area (Å²) in [5.41, 5.74) is 0. The van der Waals surface area contributed by atoms with Gasteiger partial charge in [0.05, 0.1) is 12.9 Å². The van der Waals surface area contributed by atoms with Gasteiger partial charge in [-0.3, -0.25) is 0 Å². The lowest BCUT2D eigenvalue weighted by Gasteiger charge is -2.17. The van der Waals surface area contributed by atoms with E-state index in [-0.39, 0.29) is 12.4 Å². The molecule has 0 aromatic carbocycles. The maximum Gasteiger partial charge on any atom is 0.331 e. The Morgan fingerprint density at radius 2 is 1.63 bits per heavy atom. The minimum atomic E-state index is -3.41. The molecule has 0 heterocycles. The second kappa shape index (κ2) is 8.65. The number of ether oxygens (including phenoxy) is 2. The molecule has 110 valence electrons. The van der Waals surface area contributed by atoms with E-state index in [9.17, 15) is 18.0 Å². The van der Waals surface area contributed by atoms with Crippen LogP contribution in [0, 0.1) is 0 Å². The number of hydrogen-bond donors (Lipinski definition) is 0. The average Bonchev–Trinajstić information content (AvgIpc) is 2.36. The first kappa shape index (κ1) is 17.6. The number of esters is 2. The fourth-order valence-corrected chi connectivity index (χ4v) is 2.58. The van der Waals surface area contributed by atoms with Crippen LogP contribution in [0.4, 0.5) is 0 Å². The van der Waals surface area contributed by atoms with E-state index in [1.807, 2.05) is 0 Å². The first-order chi connectivity index (χ1) is 8.87. The molecule has 0 N–H and O–H groups in total. The standard InChI is InChI=1S/C11H19NO6S/c1-4-12(5-2)19(15,16)9-8-18-11(14)7-6-10(13)17-3/h6-7H,4-5,8-9H2,1-3H3/b7-6+. The van der Waals surface area contributed by atoms with E-state index in [1.165, 1.54) is 11.4 Å². The van der Waals surface area contributed by atoms with E-state index in [0.29, 0.717) is 13.1 Å². The summed E-state index contributed by atoms with van der Waals surface area (Å²) in [6.07, 6.45) is 1.79. The highest BCUT2D eigenvalue weighted by Gasteiger charge is 2.18. The zero-order valence-corrected chi connectivity index (χ0v) is 12.1. The molecule has 0 aromatic heterocycles. The van der Waals surface area contributed by atoms with Crippen LogP contribution in [0.3, 0.4) is 0 Å². The molecule has 0 spiro atoms. The normalized spacial score (nSPS) is 11.8. The van der Waals surface area contributed by atoms with E-state index in [1.54, 1.807) is 13.8 Å². The smallest absolute Gasteiger partial charge is 0.331 e. The molecular weight excluding hydrogens is 274 g/mol. The maximum absolute atomic E-state index is 11.7. The van der Waals surface area contributed by atoms with Gasteiger partial charge >= 0.3 is 11.9 Å². The molecule has 0 aromatic rings. The van der Waals surface area contributed by atoms with Gasteiger partial charge in [-0.2, -0.15) is 0 Å². The summed E-state index contributed by atoms with van der Waals surface area (Å²) in [4.78, 5) is 21.8. The molecule has 0 aliphatic heterocycles. The van der Waals surface area contributed by atoms with Crippen molar-refractivity contribution in [1.82, 2.24) is 4.31 Å². The van der Waals surface area contributed by atoms with Crippen LogP contribution in [-0.2, 0) is 29.1 Å². The van der Waals surface area contributed by atoms with Gasteiger partial charge in [0.2, 0.25) is 10.0 Å². The van der Waals surface area contributed by atoms with Crippen molar-refractivity contribution in [2.45, 2.75) is 13.8 Å². The molecule has 8 heteroatoms. The molecule has 7 nitrogen and oxygen atoms in total. The van der Waals surface area contributed by atoms with E-state index >= 15 is 0 Å². The molecule has 0 aliphatic carbocycles. The zero-order chi connectivity index (χ0) is 14.9. The van der Waals surface area contributed by atoms with Gasteiger partial charge in [0.1, 0.15) is 6.61 Å². The second-order valence-electron chi connectivity index (χ2n) is 3.42. The Hall–Kier alpha value is -1.41. The maximum atomic E-state index is 11.7. The summed E-state index contributed by atoms with van der Waals surface area (Å²) in [5.74, 6) is -1.76. The van der Waals surface area contributed by atoms with Crippen LogP contribution < -0.4 is 0 Å². The van der Waals surface area contributed by atoms with Crippen LogP contribution in [0.25, 0.3) is 0 Å². The highest BCUT2D eigenvalue weighted by molar-refractivity contribution is 7.89. The number of carbonyl (C=O) groups is 2. The first-order valence-corrected chi connectivity index (χ1v) is 7.38. The molecule has 0 saturated heterocycles. The molecule has 0 aliphatic rings. The Morgan fingerprint density at radius 1 is 1.11 bits per heavy atom. The van der Waals surface area contributed by atoms with Crippen LogP contribution in [0.2, 0.25) is 0 Å². The highest BCUT2D eigenvalue weighted by atomic mass is 32.2. The van der Waals surface area contributed by atoms with Crippen molar-refractivity contribution in [3.8, 4) is 0 Å². The third-order valence-electron chi connectivity index (χ3n) is 2.24. The molecule has 0 unspecified atom stereocenters. The van der Waals surface area contributed by atoms with Gasteiger partial charge in [-0.05, 0) is 0 Å². The number of methoxy groups -OCH3 is 1. The lowest BCUT2D eigenvalue weighted by molar-refractivity contribution is -0.138. The van der Waals surface area contributed by atoms with Gasteiger partial charge in [-0.15, -0.1) is 0 Å². The topological polar surface area (TPSA) is 90.0 Å². The summed E-state index contributed by atoms with van der Waals surface area (Å²) >= 11 is 0. The Kier molecular flexibility index (Phi) is 8.01. The van der Waals surface area contributed by atoms with Gasteiger partial charge in [0.25, 0.3) is 0 Å². The Morgan fingerprint density at radius 3 is 2.11 bits per heavy atom. The number of hydrogen-bond acceptors (Lipinski definition) is 6. The third-order valence-corrected chi connectivity index (χ3v) is 4.23. The number of carbonyl (C=O) groups excluding carboxylic acids is 2. The number of rotatable bonds is 8. The van der Waals surface area contributed by atoms with Crippen molar-refractivity contribution in [3.63, 3.8) is 0 Å². The summed E-state index contributed by atoms with van der Waals surface area (Å²) in [6, 6.07) is 0. The molecule has 0 atom stereocenters. The van der Waals surface area contributed by atoms with E-state index in [0.717, 1.165) is 12.2 Å². The largest absolute Gasteiger partial charge is 0.466 e. The second-order valence-corrected chi connectivity index (χ2v) is 5.51. The van der Waals surface area contributed by atoms with E-state index in [4.69, 9.17) is 0 Å². The van der Waals surface area contributed by atoms with Crippen molar-refractivity contribution < 1.29 is 27.5 Å². The van der Waals surface area contributed by atoms with Crippen LogP contribution in [0.5, 0.6) is 0 Å². The summed E-state index contributed by atoms with van der Waals surface area (Å²) in [7, 11) is -2.24. The SMILES string of the molecule is CCN(CC)S(=O)(=O)CCOC(=O)/C=C/C(=O)OC. The van der Waals surface area contributed by atoms with Crippen molar-refractivity contribution in [3.05, 3.63) is 12.2 Å². The summed E-state index contributed by atoms with van der Waals surface area (Å²) in [6.45, 7) is 3.94. The highest BCUT2D eigenvalue weighted by Crippen LogP contribution is 2.00. The predicted molar refractivity (Wildman–Crippen MR) is 68.8 cm³/mol. The van der Waals surface area contributed by atoms with Crippen LogP contribution in [0.15, 0.2) is 12.2 Å². The van der Waals surface area contributed by atoms with Crippen molar-refractivity contribution >= 4 is 22.0 Å². The molecule has 0 saturated carbocycles. The van der Waals surface area contributed by atoms with Crippen molar-refractivity contribution in [2.75, 3.05) is 32.6 Å². The summed E-state index contributed by atoms with van der Waals surface area (Å²) in [5, 5.41) is 0. The first-order valence-electron chi connectivity index (χ1n) is 5.78. The zero-order valence-electron chi connectivity index (χ0n) is 11.3. The lowest BCUT2D eigenvalue weighted by Crippen LogP contribution is -2.34. The fraction of sp³-hybridized carbons (Fsp3) is 0.636. The molecule has 0 amide bonds. The number of nitrogens with zero attached hydrogens (tertiary/aromatic N) is 1. The van der Waals surface area contributed by atoms with Crippen LogP contribution in [-0.4, -0.2) is 57.2 Å². The molecule has 0 fully saturated rings. The van der Waals surface area contributed by atoms with Crippen molar-refractivity contribution in [2.24, 2.45) is 0 Å². The minimum Gasteiger partial charge on any atom is -0.466 e. The summed E-state index contributed by atoms with van der Waals surface area (Å²) < 4.78 is 33.7. The van der Waals surface area contributed by atoms with Crippen molar-refractivity contribution in [1.29, 1.82) is 0 Å². The average molecular weight is 293 g/mol. The van der Waals surface area contributed by atoms with E-state index < -0.39 is 22.0 Å². The monoisotopic (exact) mass is 293 g/mol. The Bertz CT molecular complexity index is 424. The molecule has 0 rings (SSSR count). The van der Waals surface area contributed by atoms with Gasteiger partial charge in [0, 0.05) is 25.2 Å². The Balaban J connectivity index is 4.20. The van der Waals surface area contributed by atoms with Gasteiger partial charge in [0.15, 0.2) is 0 Å². The molecule has 0 radical (unpaired) electrons. The fourth-order valence-electron chi connectivity index (χ4n) is 1.25. The third kappa shape index (κ3) is 6.92. The van der Waals surface area contributed by atoms with Gasteiger partial charge in [-0.1, -0.05) is 13.8 Å². The molecule has 0 bridgehead atoms.